The molecule has 0 aromatic heterocycles. The average molecular weight is 300 g/mol. The molecule has 0 spiro atoms. The fourth-order valence-corrected chi connectivity index (χ4v) is 3.75. The van der Waals surface area contributed by atoms with Gasteiger partial charge in [0.25, 0.3) is 0 Å². The summed E-state index contributed by atoms with van der Waals surface area (Å²) in [6.07, 6.45) is 4.20. The van der Waals surface area contributed by atoms with Crippen molar-refractivity contribution >= 4 is 15.7 Å². The largest absolute Gasteiger partial charge is 0.396 e. The zero-order valence-corrected chi connectivity index (χ0v) is 12.7. The van der Waals surface area contributed by atoms with E-state index in [1.165, 1.54) is 19.1 Å². The molecular weight excluding hydrogens is 279 g/mol. The number of rotatable bonds is 6. The number of nitrogen functional groups attached to an aromatic ring is 1. The van der Waals surface area contributed by atoms with Gasteiger partial charge in [-0.1, -0.05) is 13.3 Å². The fourth-order valence-electron chi connectivity index (χ4n) is 2.47. The molecule has 1 saturated carbocycles. The van der Waals surface area contributed by atoms with E-state index < -0.39 is 15.8 Å². The van der Waals surface area contributed by atoms with Crippen molar-refractivity contribution in [1.82, 2.24) is 4.72 Å². The summed E-state index contributed by atoms with van der Waals surface area (Å²) < 4.78 is 40.6. The van der Waals surface area contributed by atoms with Gasteiger partial charge in [0.1, 0.15) is 5.82 Å². The van der Waals surface area contributed by atoms with Gasteiger partial charge in [-0.2, -0.15) is 0 Å². The van der Waals surface area contributed by atoms with Gasteiger partial charge >= 0.3 is 0 Å². The van der Waals surface area contributed by atoms with E-state index in [4.69, 9.17) is 5.73 Å². The lowest BCUT2D eigenvalue weighted by Crippen LogP contribution is -2.30. The highest BCUT2D eigenvalue weighted by Crippen LogP contribution is 2.49. The van der Waals surface area contributed by atoms with E-state index in [1.807, 2.05) is 0 Å². The SMILES string of the molecule is CCCC1(CNS(=O)(=O)c2cc(C)c(F)c(N)c2)CC1. The molecule has 20 heavy (non-hydrogen) atoms. The molecular formula is C14H21FN2O2S. The Morgan fingerprint density at radius 2 is 2.05 bits per heavy atom. The van der Waals surface area contributed by atoms with Crippen molar-refractivity contribution in [1.29, 1.82) is 0 Å². The van der Waals surface area contributed by atoms with Crippen LogP contribution in [0.25, 0.3) is 0 Å². The third-order valence-corrected chi connectivity index (χ3v) is 5.32. The lowest BCUT2D eigenvalue weighted by molar-refractivity contribution is 0.449. The van der Waals surface area contributed by atoms with E-state index in [2.05, 4.69) is 11.6 Å². The van der Waals surface area contributed by atoms with Gasteiger partial charge in [-0.05, 0) is 49.3 Å². The van der Waals surface area contributed by atoms with E-state index in [-0.39, 0.29) is 21.6 Å². The minimum Gasteiger partial charge on any atom is -0.396 e. The molecule has 0 radical (unpaired) electrons. The fraction of sp³-hybridized carbons (Fsp3) is 0.571. The number of hydrogen-bond acceptors (Lipinski definition) is 3. The first-order valence-corrected chi connectivity index (χ1v) is 8.33. The summed E-state index contributed by atoms with van der Waals surface area (Å²) in [4.78, 5) is 0.0289. The highest BCUT2D eigenvalue weighted by atomic mass is 32.2. The Kier molecular flexibility index (Phi) is 4.07. The average Bonchev–Trinajstić information content (AvgIpc) is 3.14. The first-order chi connectivity index (χ1) is 9.30. The minimum absolute atomic E-state index is 0.0289. The lowest BCUT2D eigenvalue weighted by Gasteiger charge is -2.15. The Bertz CT molecular complexity index is 587. The van der Waals surface area contributed by atoms with Gasteiger partial charge in [0.05, 0.1) is 10.6 Å². The third-order valence-electron chi connectivity index (χ3n) is 3.94. The second-order valence-electron chi connectivity index (χ2n) is 5.72. The van der Waals surface area contributed by atoms with Crippen molar-refractivity contribution < 1.29 is 12.8 Å². The smallest absolute Gasteiger partial charge is 0.240 e. The predicted octanol–water partition coefficient (Wildman–Crippen LogP) is 2.57. The van der Waals surface area contributed by atoms with Crippen molar-refractivity contribution in [2.24, 2.45) is 5.41 Å². The summed E-state index contributed by atoms with van der Waals surface area (Å²) in [5.74, 6) is -0.561. The first-order valence-electron chi connectivity index (χ1n) is 6.85. The first kappa shape index (κ1) is 15.3. The molecule has 2 rings (SSSR count). The van der Waals surface area contributed by atoms with Gasteiger partial charge in [-0.15, -0.1) is 0 Å². The number of benzene rings is 1. The van der Waals surface area contributed by atoms with Crippen LogP contribution in [0.2, 0.25) is 0 Å². The van der Waals surface area contributed by atoms with E-state index >= 15 is 0 Å². The van der Waals surface area contributed by atoms with Crippen LogP contribution in [-0.4, -0.2) is 15.0 Å². The standard InChI is InChI=1S/C14H21FN2O2S/c1-3-4-14(5-6-14)9-17-20(18,19)11-7-10(2)13(15)12(16)8-11/h7-8,17H,3-6,9,16H2,1-2H3. The maximum atomic E-state index is 13.4. The Morgan fingerprint density at radius 1 is 1.40 bits per heavy atom. The summed E-state index contributed by atoms with van der Waals surface area (Å²) in [5, 5.41) is 0. The number of aryl methyl sites for hydroxylation is 1. The van der Waals surface area contributed by atoms with Crippen LogP contribution >= 0.6 is 0 Å². The molecule has 0 amide bonds. The highest BCUT2D eigenvalue weighted by molar-refractivity contribution is 7.89. The number of sulfonamides is 1. The van der Waals surface area contributed by atoms with Crippen LogP contribution < -0.4 is 10.5 Å². The zero-order valence-electron chi connectivity index (χ0n) is 11.9. The topological polar surface area (TPSA) is 72.2 Å². The maximum absolute atomic E-state index is 13.4. The molecule has 0 unspecified atom stereocenters. The summed E-state index contributed by atoms with van der Waals surface area (Å²) in [6.45, 7) is 4.04. The highest BCUT2D eigenvalue weighted by Gasteiger charge is 2.42. The van der Waals surface area contributed by atoms with Crippen LogP contribution in [0.1, 0.15) is 38.2 Å². The second-order valence-corrected chi connectivity index (χ2v) is 7.48. The maximum Gasteiger partial charge on any atom is 0.240 e. The molecule has 6 heteroatoms. The molecule has 0 saturated heterocycles. The van der Waals surface area contributed by atoms with Gasteiger partial charge in [0.15, 0.2) is 0 Å². The van der Waals surface area contributed by atoms with E-state index in [0.717, 1.165) is 25.7 Å². The van der Waals surface area contributed by atoms with Crippen molar-refractivity contribution in [3.05, 3.63) is 23.5 Å². The molecule has 0 heterocycles. The molecule has 1 aromatic rings. The molecule has 4 nitrogen and oxygen atoms in total. The van der Waals surface area contributed by atoms with Crippen LogP contribution in [0, 0.1) is 18.2 Å². The van der Waals surface area contributed by atoms with Crippen LogP contribution in [0.5, 0.6) is 0 Å². The van der Waals surface area contributed by atoms with Crippen LogP contribution in [-0.2, 0) is 10.0 Å². The molecule has 1 aromatic carbocycles. The van der Waals surface area contributed by atoms with Gasteiger partial charge in [-0.3, -0.25) is 0 Å². The Balaban J connectivity index is 2.15. The van der Waals surface area contributed by atoms with E-state index in [1.54, 1.807) is 0 Å². The zero-order chi connectivity index (χ0) is 15.0. The Labute approximate surface area is 119 Å². The molecule has 1 aliphatic rings. The van der Waals surface area contributed by atoms with Crippen molar-refractivity contribution in [3.8, 4) is 0 Å². The van der Waals surface area contributed by atoms with Crippen LogP contribution in [0.3, 0.4) is 0 Å². The Morgan fingerprint density at radius 3 is 2.55 bits per heavy atom. The molecule has 1 fully saturated rings. The van der Waals surface area contributed by atoms with Crippen molar-refractivity contribution in [2.45, 2.75) is 44.4 Å². The molecule has 3 N–H and O–H groups in total. The van der Waals surface area contributed by atoms with E-state index in [9.17, 15) is 12.8 Å². The number of hydrogen-bond donors (Lipinski definition) is 2. The molecule has 0 bridgehead atoms. The van der Waals surface area contributed by atoms with Crippen LogP contribution in [0.15, 0.2) is 17.0 Å². The van der Waals surface area contributed by atoms with Gasteiger partial charge in [0.2, 0.25) is 10.0 Å². The predicted molar refractivity (Wildman–Crippen MR) is 77.3 cm³/mol. The summed E-state index contributed by atoms with van der Waals surface area (Å²) in [7, 11) is -3.63. The van der Waals surface area contributed by atoms with Crippen LogP contribution in [0.4, 0.5) is 10.1 Å². The number of nitrogens with one attached hydrogen (secondary N) is 1. The summed E-state index contributed by atoms with van der Waals surface area (Å²) in [6, 6.07) is 2.48. The monoisotopic (exact) mass is 300 g/mol. The minimum atomic E-state index is -3.63. The van der Waals surface area contributed by atoms with Gasteiger partial charge in [-0.25, -0.2) is 17.5 Å². The van der Waals surface area contributed by atoms with Crippen molar-refractivity contribution in [2.75, 3.05) is 12.3 Å². The van der Waals surface area contributed by atoms with E-state index in [0.29, 0.717) is 6.54 Å². The summed E-state index contributed by atoms with van der Waals surface area (Å²) >= 11 is 0. The van der Waals surface area contributed by atoms with Gasteiger partial charge < -0.3 is 5.73 Å². The van der Waals surface area contributed by atoms with Gasteiger partial charge in [0, 0.05) is 6.54 Å². The molecule has 0 atom stereocenters. The molecule has 1 aliphatic carbocycles. The number of halogens is 1. The lowest BCUT2D eigenvalue weighted by atomic mass is 10.0. The summed E-state index contributed by atoms with van der Waals surface area (Å²) in [5.41, 5.74) is 5.72. The van der Waals surface area contributed by atoms with Crippen molar-refractivity contribution in [3.63, 3.8) is 0 Å². The molecule has 0 aliphatic heterocycles. The normalized spacial score (nSPS) is 17.1. The third kappa shape index (κ3) is 3.12. The quantitative estimate of drug-likeness (QED) is 0.793. The Hall–Kier alpha value is -1.14. The second kappa shape index (κ2) is 5.33. The number of anilines is 1. The molecule has 112 valence electrons. The number of nitrogens with two attached hydrogens (primary N) is 1.